The van der Waals surface area contributed by atoms with Gasteiger partial charge < -0.3 is 26.2 Å². The van der Waals surface area contributed by atoms with E-state index in [0.717, 1.165) is 37.3 Å². The molecular weight excluding hydrogens is 526 g/mol. The Bertz CT molecular complexity index is 1430. The molecule has 0 bridgehead atoms. The molecule has 0 atom stereocenters. The van der Waals surface area contributed by atoms with Crippen LogP contribution in [0, 0.1) is 5.92 Å². The number of rotatable bonds is 13. The first-order valence-corrected chi connectivity index (χ1v) is 14.7. The molecule has 0 aliphatic carbocycles. The van der Waals surface area contributed by atoms with E-state index in [2.05, 4.69) is 53.9 Å². The number of fused-ring (bicyclic) bond motifs is 1. The zero-order chi connectivity index (χ0) is 30.1. The van der Waals surface area contributed by atoms with Gasteiger partial charge in [0.2, 0.25) is 0 Å². The van der Waals surface area contributed by atoms with Crippen LogP contribution in [-0.4, -0.2) is 55.3 Å². The second-order valence-electron chi connectivity index (χ2n) is 10.8. The van der Waals surface area contributed by atoms with Crippen LogP contribution in [0.2, 0.25) is 0 Å². The Labute approximate surface area is 248 Å². The van der Waals surface area contributed by atoms with Crippen molar-refractivity contribution in [2.24, 2.45) is 5.92 Å². The zero-order valence-electron chi connectivity index (χ0n) is 24.9. The van der Waals surface area contributed by atoms with E-state index in [4.69, 9.17) is 0 Å². The van der Waals surface area contributed by atoms with Crippen molar-refractivity contribution < 1.29 is 14.4 Å². The van der Waals surface area contributed by atoms with Gasteiger partial charge in [0.25, 0.3) is 17.7 Å². The molecule has 3 aromatic carbocycles. The summed E-state index contributed by atoms with van der Waals surface area (Å²) in [5.41, 5.74) is 4.98. The van der Waals surface area contributed by atoms with Gasteiger partial charge in [-0.25, -0.2) is 0 Å². The summed E-state index contributed by atoms with van der Waals surface area (Å²) in [6.07, 6.45) is 0.890. The number of hydrogen-bond donors (Lipinski definition) is 4. The van der Waals surface area contributed by atoms with E-state index in [9.17, 15) is 14.4 Å². The van der Waals surface area contributed by atoms with Crippen molar-refractivity contribution in [1.82, 2.24) is 15.5 Å². The lowest BCUT2D eigenvalue weighted by Crippen LogP contribution is -2.34. The molecule has 0 radical (unpaired) electrons. The molecule has 4 N–H and O–H groups in total. The van der Waals surface area contributed by atoms with Crippen LogP contribution >= 0.6 is 0 Å². The number of hydrogen-bond acceptors (Lipinski definition) is 5. The molecule has 0 aromatic heterocycles. The lowest BCUT2D eigenvalue weighted by atomic mass is 9.98. The van der Waals surface area contributed by atoms with E-state index in [1.165, 1.54) is 0 Å². The highest BCUT2D eigenvalue weighted by Crippen LogP contribution is 2.38. The Kier molecular flexibility index (Phi) is 10.5. The monoisotopic (exact) mass is 567 g/mol. The molecule has 1 aliphatic rings. The fourth-order valence-electron chi connectivity index (χ4n) is 4.84. The van der Waals surface area contributed by atoms with Gasteiger partial charge in [0, 0.05) is 47.7 Å². The summed E-state index contributed by atoms with van der Waals surface area (Å²) >= 11 is 0. The molecule has 0 spiro atoms. The highest BCUT2D eigenvalue weighted by molar-refractivity contribution is 6.37. The van der Waals surface area contributed by atoms with Crippen LogP contribution in [0.25, 0.3) is 11.3 Å². The largest absolute Gasteiger partial charge is 0.354 e. The number of benzene rings is 3. The molecule has 1 heterocycles. The number of anilines is 2. The highest BCUT2D eigenvalue weighted by Gasteiger charge is 2.29. The van der Waals surface area contributed by atoms with Crippen molar-refractivity contribution in [3.63, 3.8) is 0 Å². The molecule has 0 fully saturated rings. The van der Waals surface area contributed by atoms with Gasteiger partial charge in [-0.1, -0.05) is 58.0 Å². The summed E-state index contributed by atoms with van der Waals surface area (Å²) in [6, 6.07) is 22.1. The van der Waals surface area contributed by atoms with Gasteiger partial charge in [-0.2, -0.15) is 0 Å². The maximum atomic E-state index is 13.3. The van der Waals surface area contributed by atoms with Crippen LogP contribution in [0.5, 0.6) is 0 Å². The van der Waals surface area contributed by atoms with Gasteiger partial charge in [-0.15, -0.1) is 0 Å². The minimum absolute atomic E-state index is 0.126. The number of nitrogens with one attached hydrogen (secondary N) is 4. The fraction of sp³-hybridized carbons (Fsp3) is 0.324. The maximum absolute atomic E-state index is 13.3. The van der Waals surface area contributed by atoms with Crippen LogP contribution in [-0.2, 0) is 4.79 Å². The Hall–Kier alpha value is -4.43. The minimum atomic E-state index is -0.252. The molecule has 220 valence electrons. The number of amides is 3. The molecule has 0 unspecified atom stereocenters. The average molecular weight is 568 g/mol. The second kappa shape index (κ2) is 14.5. The molecule has 8 nitrogen and oxygen atoms in total. The van der Waals surface area contributed by atoms with Crippen molar-refractivity contribution in [2.75, 3.05) is 43.4 Å². The standard InChI is InChI=1S/C34H41N5O3/c1-5-39(6-2)21-20-36-32(40)25-12-15-27(16-13-25)37-31(24-10-8-7-9-11-24)30-28-22-26(14-17-29(28)38-34(30)42)33(41)35-19-18-23(3)4/h7-17,22-23,37H,5-6,18-21H2,1-4H3,(H,35,41)(H,36,40)(H,38,42)/b31-30-. The van der Waals surface area contributed by atoms with Crippen molar-refractivity contribution in [3.05, 3.63) is 95.1 Å². The van der Waals surface area contributed by atoms with Gasteiger partial charge in [0.1, 0.15) is 0 Å². The number of nitrogens with zero attached hydrogens (tertiary/aromatic N) is 1. The average Bonchev–Trinajstić information content (AvgIpc) is 3.33. The van der Waals surface area contributed by atoms with Gasteiger partial charge in [-0.05, 0) is 73.5 Å². The van der Waals surface area contributed by atoms with Crippen LogP contribution in [0.4, 0.5) is 11.4 Å². The predicted molar refractivity (Wildman–Crippen MR) is 170 cm³/mol. The van der Waals surface area contributed by atoms with Crippen LogP contribution in [0.3, 0.4) is 0 Å². The van der Waals surface area contributed by atoms with Gasteiger partial charge in [0.05, 0.1) is 11.3 Å². The minimum Gasteiger partial charge on any atom is -0.354 e. The third-order valence-corrected chi connectivity index (χ3v) is 7.37. The highest BCUT2D eigenvalue weighted by atomic mass is 16.2. The van der Waals surface area contributed by atoms with E-state index in [-0.39, 0.29) is 17.7 Å². The maximum Gasteiger partial charge on any atom is 0.258 e. The number of carbonyl (C=O) groups is 3. The SMILES string of the molecule is CCN(CC)CCNC(=O)c1ccc(N/C(=C2\C(=O)Nc3ccc(C(=O)NCCC(C)C)cc32)c2ccccc2)cc1. The zero-order valence-corrected chi connectivity index (χ0v) is 24.9. The summed E-state index contributed by atoms with van der Waals surface area (Å²) in [4.78, 5) is 41.2. The van der Waals surface area contributed by atoms with Crippen molar-refractivity contribution >= 4 is 40.4 Å². The smallest absolute Gasteiger partial charge is 0.258 e. The summed E-state index contributed by atoms with van der Waals surface area (Å²) in [7, 11) is 0. The van der Waals surface area contributed by atoms with Gasteiger partial charge in [0.15, 0.2) is 0 Å². The Balaban J connectivity index is 1.60. The van der Waals surface area contributed by atoms with E-state index < -0.39 is 0 Å². The molecular formula is C34H41N5O3. The lowest BCUT2D eigenvalue weighted by Gasteiger charge is -2.18. The molecule has 8 heteroatoms. The Morgan fingerprint density at radius 1 is 0.810 bits per heavy atom. The summed E-state index contributed by atoms with van der Waals surface area (Å²) in [6.45, 7) is 12.3. The second-order valence-corrected chi connectivity index (χ2v) is 10.8. The number of likely N-dealkylation sites (N-methyl/N-ethyl adjacent to an activating group) is 1. The molecule has 42 heavy (non-hydrogen) atoms. The molecule has 1 aliphatic heterocycles. The number of carbonyl (C=O) groups excluding carboxylic acids is 3. The van der Waals surface area contributed by atoms with Crippen molar-refractivity contribution in [2.45, 2.75) is 34.1 Å². The first-order valence-electron chi connectivity index (χ1n) is 14.7. The van der Waals surface area contributed by atoms with E-state index in [1.807, 2.05) is 42.5 Å². The first-order chi connectivity index (χ1) is 20.3. The quantitative estimate of drug-likeness (QED) is 0.205. The topological polar surface area (TPSA) is 103 Å². The molecule has 3 amide bonds. The van der Waals surface area contributed by atoms with Crippen molar-refractivity contribution in [3.8, 4) is 0 Å². The third-order valence-electron chi connectivity index (χ3n) is 7.37. The van der Waals surface area contributed by atoms with Gasteiger partial charge >= 0.3 is 0 Å². The van der Waals surface area contributed by atoms with Crippen LogP contribution < -0.4 is 21.3 Å². The van der Waals surface area contributed by atoms with Crippen molar-refractivity contribution in [1.29, 1.82) is 0 Å². The van der Waals surface area contributed by atoms with Gasteiger partial charge in [-0.3, -0.25) is 14.4 Å². The lowest BCUT2D eigenvalue weighted by molar-refractivity contribution is -0.110. The fourth-order valence-corrected chi connectivity index (χ4v) is 4.84. The molecule has 0 saturated heterocycles. The van der Waals surface area contributed by atoms with E-state index in [0.29, 0.717) is 52.7 Å². The predicted octanol–water partition coefficient (Wildman–Crippen LogP) is 5.47. The Morgan fingerprint density at radius 2 is 1.45 bits per heavy atom. The Morgan fingerprint density at radius 3 is 2.12 bits per heavy atom. The first kappa shape index (κ1) is 30.5. The summed E-state index contributed by atoms with van der Waals surface area (Å²) in [5, 5.41) is 12.3. The van der Waals surface area contributed by atoms with E-state index >= 15 is 0 Å². The van der Waals surface area contributed by atoms with E-state index in [1.54, 1.807) is 30.3 Å². The third kappa shape index (κ3) is 7.64. The summed E-state index contributed by atoms with van der Waals surface area (Å²) < 4.78 is 0. The summed E-state index contributed by atoms with van der Waals surface area (Å²) in [5.74, 6) is -0.0592. The molecule has 4 rings (SSSR count). The molecule has 0 saturated carbocycles. The molecule has 3 aromatic rings. The van der Waals surface area contributed by atoms with Crippen LogP contribution in [0.15, 0.2) is 72.8 Å². The van der Waals surface area contributed by atoms with Crippen LogP contribution in [0.1, 0.15) is 66.0 Å². The normalized spacial score (nSPS) is 13.5.